The van der Waals surface area contributed by atoms with Gasteiger partial charge in [0, 0.05) is 0 Å². The second kappa shape index (κ2) is 5.01. The summed E-state index contributed by atoms with van der Waals surface area (Å²) in [4.78, 5) is 12.0. The van der Waals surface area contributed by atoms with Gasteiger partial charge in [0.1, 0.15) is 5.60 Å². The maximum atomic E-state index is 12.0. The van der Waals surface area contributed by atoms with E-state index in [0.29, 0.717) is 11.8 Å². The molecular formula is C17H30O3. The smallest absolute Gasteiger partial charge is 0.309 e. The largest absolute Gasteiger partial charge is 0.460 e. The number of carbonyl (C=O) groups excluding carboxylic acids is 1. The Morgan fingerprint density at radius 3 is 2.20 bits per heavy atom. The predicted octanol–water partition coefficient (Wildman–Crippen LogP) is 3.40. The van der Waals surface area contributed by atoms with Gasteiger partial charge in [0.2, 0.25) is 0 Å². The zero-order chi connectivity index (χ0) is 15.3. The summed E-state index contributed by atoms with van der Waals surface area (Å²) in [6.07, 6.45) is 2.39. The highest BCUT2D eigenvalue weighted by molar-refractivity contribution is 5.71. The Morgan fingerprint density at radius 1 is 1.15 bits per heavy atom. The molecule has 1 N–H and O–H groups in total. The average Bonchev–Trinajstić information content (AvgIpc) is 2.77. The average molecular weight is 282 g/mol. The molecule has 3 heteroatoms. The van der Waals surface area contributed by atoms with Crippen LogP contribution in [0.25, 0.3) is 0 Å². The zero-order valence-corrected chi connectivity index (χ0v) is 13.8. The zero-order valence-electron chi connectivity index (χ0n) is 13.8. The van der Waals surface area contributed by atoms with Crippen LogP contribution in [0.2, 0.25) is 0 Å². The minimum atomic E-state index is -0.934. The van der Waals surface area contributed by atoms with Crippen molar-refractivity contribution in [1.82, 2.24) is 0 Å². The molecule has 0 aromatic heterocycles. The molecule has 116 valence electrons. The number of esters is 1. The molecule has 0 spiro atoms. The van der Waals surface area contributed by atoms with Crippen LogP contribution in [0.5, 0.6) is 0 Å². The van der Waals surface area contributed by atoms with Crippen molar-refractivity contribution in [3.63, 3.8) is 0 Å². The van der Waals surface area contributed by atoms with E-state index in [4.69, 9.17) is 4.74 Å². The first-order valence-electron chi connectivity index (χ1n) is 7.95. The molecule has 0 heterocycles. The minimum Gasteiger partial charge on any atom is -0.460 e. The van der Waals surface area contributed by atoms with E-state index in [0.717, 1.165) is 18.3 Å². The van der Waals surface area contributed by atoms with Crippen LogP contribution >= 0.6 is 0 Å². The van der Waals surface area contributed by atoms with Crippen LogP contribution in [0, 0.1) is 29.6 Å². The Hall–Kier alpha value is -0.570. The van der Waals surface area contributed by atoms with Crippen LogP contribution in [-0.4, -0.2) is 22.3 Å². The second-order valence-corrected chi connectivity index (χ2v) is 8.34. The van der Waals surface area contributed by atoms with Crippen molar-refractivity contribution in [2.45, 2.75) is 72.0 Å². The highest BCUT2D eigenvalue weighted by Gasteiger charge is 2.54. The third-order valence-corrected chi connectivity index (χ3v) is 5.62. The highest BCUT2D eigenvalue weighted by atomic mass is 16.6. The van der Waals surface area contributed by atoms with E-state index >= 15 is 0 Å². The number of fused-ring (bicyclic) bond motifs is 2. The molecule has 2 saturated carbocycles. The summed E-state index contributed by atoms with van der Waals surface area (Å²) in [7, 11) is 0. The van der Waals surface area contributed by atoms with Crippen LogP contribution in [0.4, 0.5) is 0 Å². The Balaban J connectivity index is 2.00. The van der Waals surface area contributed by atoms with E-state index in [1.165, 1.54) is 6.42 Å². The molecule has 2 aliphatic rings. The van der Waals surface area contributed by atoms with Gasteiger partial charge in [-0.3, -0.25) is 4.79 Å². The van der Waals surface area contributed by atoms with E-state index < -0.39 is 11.2 Å². The molecule has 0 aromatic carbocycles. The standard InChI is InChI=1S/C17H30O3/c1-10-11(2)13-7-12(10)8-14(13)17(6,19)9-15(18)20-16(3,4)5/h10-14,19H,7-9H2,1-6H3. The maximum absolute atomic E-state index is 12.0. The molecule has 0 aliphatic heterocycles. The Morgan fingerprint density at radius 2 is 1.75 bits per heavy atom. The van der Waals surface area contributed by atoms with Crippen molar-refractivity contribution in [1.29, 1.82) is 0 Å². The molecule has 6 atom stereocenters. The normalized spacial score (nSPS) is 39.6. The van der Waals surface area contributed by atoms with Crippen molar-refractivity contribution in [3.8, 4) is 0 Å². The molecule has 3 nitrogen and oxygen atoms in total. The van der Waals surface area contributed by atoms with Crippen molar-refractivity contribution >= 4 is 5.97 Å². The van der Waals surface area contributed by atoms with Crippen LogP contribution in [0.1, 0.15) is 60.8 Å². The maximum Gasteiger partial charge on any atom is 0.309 e. The van der Waals surface area contributed by atoms with Crippen LogP contribution in [0.15, 0.2) is 0 Å². The summed E-state index contributed by atoms with van der Waals surface area (Å²) < 4.78 is 5.36. The molecular weight excluding hydrogens is 252 g/mol. The van der Waals surface area contributed by atoms with Gasteiger partial charge in [-0.25, -0.2) is 0 Å². The van der Waals surface area contributed by atoms with Gasteiger partial charge >= 0.3 is 5.97 Å². The first-order valence-corrected chi connectivity index (χ1v) is 7.95. The Labute approximate surface area is 123 Å². The number of carbonyl (C=O) groups is 1. The summed E-state index contributed by atoms with van der Waals surface area (Å²) in [6.45, 7) is 12.0. The third-order valence-electron chi connectivity index (χ3n) is 5.62. The van der Waals surface area contributed by atoms with E-state index in [1.54, 1.807) is 0 Å². The number of hydrogen-bond donors (Lipinski definition) is 1. The number of hydrogen-bond acceptors (Lipinski definition) is 3. The Kier molecular flexibility index (Phi) is 3.96. The summed E-state index contributed by atoms with van der Waals surface area (Å²) in [5.74, 6) is 2.66. The van der Waals surface area contributed by atoms with Crippen molar-refractivity contribution in [3.05, 3.63) is 0 Å². The van der Waals surface area contributed by atoms with Crippen LogP contribution < -0.4 is 0 Å². The van der Waals surface area contributed by atoms with Gasteiger partial charge in [-0.15, -0.1) is 0 Å². The monoisotopic (exact) mass is 282 g/mol. The highest BCUT2D eigenvalue weighted by Crippen LogP contribution is 2.58. The third kappa shape index (κ3) is 3.03. The van der Waals surface area contributed by atoms with E-state index in [-0.39, 0.29) is 18.3 Å². The molecule has 0 saturated heterocycles. The van der Waals surface area contributed by atoms with Crippen LogP contribution in [0.3, 0.4) is 0 Å². The summed E-state index contributed by atoms with van der Waals surface area (Å²) in [5.41, 5.74) is -1.42. The van der Waals surface area contributed by atoms with Gasteiger partial charge in [0.25, 0.3) is 0 Å². The molecule has 0 radical (unpaired) electrons. The molecule has 0 amide bonds. The van der Waals surface area contributed by atoms with Crippen molar-refractivity contribution in [2.75, 3.05) is 0 Å². The SMILES string of the molecule is CC1C2CC(C1C)C(C(C)(O)CC(=O)OC(C)(C)C)C2. The van der Waals surface area contributed by atoms with Gasteiger partial charge < -0.3 is 9.84 Å². The van der Waals surface area contributed by atoms with E-state index in [2.05, 4.69) is 13.8 Å². The first-order chi connectivity index (χ1) is 9.01. The van der Waals surface area contributed by atoms with Crippen molar-refractivity contribution < 1.29 is 14.6 Å². The summed E-state index contributed by atoms with van der Waals surface area (Å²) in [5, 5.41) is 10.8. The lowest BCUT2D eigenvalue weighted by Gasteiger charge is -2.40. The fourth-order valence-electron chi connectivity index (χ4n) is 4.46. The van der Waals surface area contributed by atoms with Gasteiger partial charge in [-0.2, -0.15) is 0 Å². The van der Waals surface area contributed by atoms with Crippen LogP contribution in [-0.2, 0) is 9.53 Å². The van der Waals surface area contributed by atoms with E-state index in [1.807, 2.05) is 27.7 Å². The number of ether oxygens (including phenoxy) is 1. The molecule has 2 bridgehead atoms. The molecule has 2 aliphatic carbocycles. The topological polar surface area (TPSA) is 46.5 Å². The molecule has 2 rings (SSSR count). The number of rotatable bonds is 3. The van der Waals surface area contributed by atoms with E-state index in [9.17, 15) is 9.90 Å². The lowest BCUT2D eigenvalue weighted by molar-refractivity contribution is -0.163. The Bertz CT molecular complexity index is 378. The second-order valence-electron chi connectivity index (χ2n) is 8.34. The lowest BCUT2D eigenvalue weighted by atomic mass is 9.68. The van der Waals surface area contributed by atoms with Gasteiger partial charge in [0.15, 0.2) is 0 Å². The van der Waals surface area contributed by atoms with Gasteiger partial charge in [0.05, 0.1) is 12.0 Å². The molecule has 6 unspecified atom stereocenters. The molecule has 0 aromatic rings. The predicted molar refractivity (Wildman–Crippen MR) is 79.1 cm³/mol. The quantitative estimate of drug-likeness (QED) is 0.807. The summed E-state index contributed by atoms with van der Waals surface area (Å²) in [6, 6.07) is 0. The fourth-order valence-corrected chi connectivity index (χ4v) is 4.46. The molecule has 20 heavy (non-hydrogen) atoms. The fraction of sp³-hybridized carbons (Fsp3) is 0.941. The van der Waals surface area contributed by atoms with Gasteiger partial charge in [-0.05, 0) is 70.1 Å². The lowest BCUT2D eigenvalue weighted by Crippen LogP contribution is -2.43. The minimum absolute atomic E-state index is 0.110. The van der Waals surface area contributed by atoms with Gasteiger partial charge in [-0.1, -0.05) is 13.8 Å². The first kappa shape index (κ1) is 15.8. The number of aliphatic hydroxyl groups is 1. The summed E-state index contributed by atoms with van der Waals surface area (Å²) >= 11 is 0. The molecule has 2 fully saturated rings. The van der Waals surface area contributed by atoms with Crippen molar-refractivity contribution in [2.24, 2.45) is 29.6 Å².